The standard InChI is InChI=1S/C21H19N5O2/c1-28-16-5-2-14(3-6-16)24-21(27)25-15-4-7-17-13(10-15)11-18-20(17)23-12-19-22-8-9-26(18)19/h2-8,10,12,23H,9,11H2,1H3,(H2,24,25,27). The van der Waals surface area contributed by atoms with Crippen LogP contribution >= 0.6 is 0 Å². The lowest BCUT2D eigenvalue weighted by Crippen LogP contribution is -2.26. The van der Waals surface area contributed by atoms with Gasteiger partial charge >= 0.3 is 6.03 Å². The Morgan fingerprint density at radius 3 is 2.75 bits per heavy atom. The zero-order valence-electron chi connectivity index (χ0n) is 15.3. The third-order valence-corrected chi connectivity index (χ3v) is 5.06. The molecule has 28 heavy (non-hydrogen) atoms. The summed E-state index contributed by atoms with van der Waals surface area (Å²) in [6.45, 7) is 0.801. The molecule has 2 aliphatic heterocycles. The normalized spacial score (nSPS) is 16.0. The number of allylic oxidation sites excluding steroid dienone is 1. The highest BCUT2D eigenvalue weighted by atomic mass is 16.5. The number of carbonyl (C=O) groups is 1. The van der Waals surface area contributed by atoms with E-state index in [9.17, 15) is 4.79 Å². The molecule has 7 nitrogen and oxygen atoms in total. The Bertz CT molecular complexity index is 1050. The van der Waals surface area contributed by atoms with Gasteiger partial charge in [0.05, 0.1) is 19.4 Å². The van der Waals surface area contributed by atoms with Crippen molar-refractivity contribution in [2.45, 2.75) is 6.42 Å². The number of urea groups is 1. The lowest BCUT2D eigenvalue weighted by molar-refractivity contribution is 0.262. The number of anilines is 2. The number of nitrogens with one attached hydrogen (secondary N) is 3. The first-order chi connectivity index (χ1) is 13.7. The van der Waals surface area contributed by atoms with Crippen LogP contribution in [-0.2, 0) is 6.42 Å². The highest BCUT2D eigenvalue weighted by molar-refractivity contribution is 6.00. The van der Waals surface area contributed by atoms with Crippen molar-refractivity contribution in [1.29, 1.82) is 0 Å². The van der Waals surface area contributed by atoms with Gasteiger partial charge in [0.2, 0.25) is 0 Å². The summed E-state index contributed by atoms with van der Waals surface area (Å²) < 4.78 is 5.13. The predicted molar refractivity (Wildman–Crippen MR) is 109 cm³/mol. The average molecular weight is 373 g/mol. The molecule has 0 fully saturated rings. The van der Waals surface area contributed by atoms with E-state index in [1.165, 1.54) is 16.8 Å². The quantitative estimate of drug-likeness (QED) is 0.771. The van der Waals surface area contributed by atoms with E-state index in [1.807, 2.05) is 30.6 Å². The molecular formula is C21H19N5O2. The molecule has 0 radical (unpaired) electrons. The molecule has 0 unspecified atom stereocenters. The number of methoxy groups -OCH3 is 1. The van der Waals surface area contributed by atoms with E-state index in [1.54, 1.807) is 31.4 Å². The Balaban J connectivity index is 1.28. The Morgan fingerprint density at radius 2 is 1.93 bits per heavy atom. The van der Waals surface area contributed by atoms with Crippen LogP contribution in [0.1, 0.15) is 11.1 Å². The molecule has 1 aliphatic carbocycles. The summed E-state index contributed by atoms with van der Waals surface area (Å²) in [5.41, 5.74) is 6.16. The number of hydrogen-bond donors (Lipinski definition) is 3. The third-order valence-electron chi connectivity index (χ3n) is 5.06. The van der Waals surface area contributed by atoms with Crippen LogP contribution in [0.15, 0.2) is 65.2 Å². The van der Waals surface area contributed by atoms with Gasteiger partial charge in [0.1, 0.15) is 11.6 Å². The van der Waals surface area contributed by atoms with Crippen LogP contribution < -0.4 is 20.7 Å². The number of aliphatic imine (C=N–C) groups is 1. The van der Waals surface area contributed by atoms with Gasteiger partial charge in [-0.25, -0.2) is 9.79 Å². The van der Waals surface area contributed by atoms with E-state index >= 15 is 0 Å². The molecule has 0 spiro atoms. The van der Waals surface area contributed by atoms with Crippen molar-refractivity contribution in [3.8, 4) is 5.75 Å². The van der Waals surface area contributed by atoms with Gasteiger partial charge in [-0.2, -0.15) is 0 Å². The van der Waals surface area contributed by atoms with Crippen molar-refractivity contribution >= 4 is 29.3 Å². The average Bonchev–Trinajstić information content (AvgIpc) is 3.32. The second kappa shape index (κ2) is 6.45. The maximum Gasteiger partial charge on any atom is 0.323 e. The first-order valence-corrected chi connectivity index (χ1v) is 9.06. The van der Waals surface area contributed by atoms with Crippen molar-refractivity contribution in [3.05, 3.63) is 71.3 Å². The summed E-state index contributed by atoms with van der Waals surface area (Å²) in [5, 5.41) is 9.10. The Labute approximate surface area is 162 Å². The number of benzene rings is 2. The van der Waals surface area contributed by atoms with Crippen molar-refractivity contribution in [2.24, 2.45) is 4.99 Å². The lowest BCUT2D eigenvalue weighted by atomic mass is 10.1. The van der Waals surface area contributed by atoms with Gasteiger partial charge in [0, 0.05) is 41.5 Å². The zero-order chi connectivity index (χ0) is 19.1. The van der Waals surface area contributed by atoms with E-state index < -0.39 is 0 Å². The van der Waals surface area contributed by atoms with E-state index in [-0.39, 0.29) is 6.03 Å². The molecular weight excluding hydrogens is 354 g/mol. The number of rotatable bonds is 3. The van der Waals surface area contributed by atoms with Crippen molar-refractivity contribution in [1.82, 2.24) is 10.2 Å². The van der Waals surface area contributed by atoms with Crippen LogP contribution in [-0.4, -0.2) is 30.8 Å². The molecule has 3 aliphatic rings. The monoisotopic (exact) mass is 373 g/mol. The number of carbonyl (C=O) groups excluding carboxylic acids is 1. The Kier molecular flexibility index (Phi) is 3.79. The molecule has 3 N–H and O–H groups in total. The molecule has 2 aromatic rings. The van der Waals surface area contributed by atoms with E-state index in [2.05, 4.69) is 25.8 Å². The van der Waals surface area contributed by atoms with Crippen LogP contribution in [0.4, 0.5) is 16.2 Å². The number of amides is 2. The van der Waals surface area contributed by atoms with Gasteiger partial charge in [-0.05, 0) is 42.0 Å². The maximum absolute atomic E-state index is 12.3. The summed E-state index contributed by atoms with van der Waals surface area (Å²) >= 11 is 0. The molecule has 140 valence electrons. The first-order valence-electron chi connectivity index (χ1n) is 9.06. The topological polar surface area (TPSA) is 78.0 Å². The van der Waals surface area contributed by atoms with Gasteiger partial charge in [-0.15, -0.1) is 0 Å². The molecule has 2 amide bonds. The van der Waals surface area contributed by atoms with E-state index in [0.29, 0.717) is 5.69 Å². The molecule has 0 aromatic heterocycles. The van der Waals surface area contributed by atoms with Crippen LogP contribution in [0.25, 0.3) is 5.70 Å². The maximum atomic E-state index is 12.3. The van der Waals surface area contributed by atoms with Crippen molar-refractivity contribution in [2.75, 3.05) is 24.3 Å². The summed E-state index contributed by atoms with van der Waals surface area (Å²) in [6.07, 6.45) is 4.67. The van der Waals surface area contributed by atoms with Crippen LogP contribution in [0.5, 0.6) is 5.75 Å². The van der Waals surface area contributed by atoms with Crippen LogP contribution in [0.3, 0.4) is 0 Å². The minimum absolute atomic E-state index is 0.282. The Morgan fingerprint density at radius 1 is 1.14 bits per heavy atom. The van der Waals surface area contributed by atoms with E-state index in [0.717, 1.165) is 35.9 Å². The molecule has 2 aromatic carbocycles. The molecule has 0 atom stereocenters. The molecule has 0 bridgehead atoms. The second-order valence-electron chi connectivity index (χ2n) is 6.75. The number of ether oxygens (including phenoxy) is 1. The fourth-order valence-electron chi connectivity index (χ4n) is 3.72. The third kappa shape index (κ3) is 2.77. The second-order valence-corrected chi connectivity index (χ2v) is 6.75. The number of hydrogen-bond acceptors (Lipinski definition) is 5. The lowest BCUT2D eigenvalue weighted by Gasteiger charge is -2.25. The van der Waals surface area contributed by atoms with Crippen molar-refractivity contribution in [3.63, 3.8) is 0 Å². The van der Waals surface area contributed by atoms with Gasteiger partial charge in [-0.1, -0.05) is 6.07 Å². The predicted octanol–water partition coefficient (Wildman–Crippen LogP) is 3.35. The minimum atomic E-state index is -0.282. The molecule has 0 saturated carbocycles. The zero-order valence-corrected chi connectivity index (χ0v) is 15.3. The smallest absolute Gasteiger partial charge is 0.323 e. The van der Waals surface area contributed by atoms with Gasteiger partial charge in [-0.3, -0.25) is 0 Å². The molecule has 0 saturated heterocycles. The van der Waals surface area contributed by atoms with Crippen LogP contribution in [0, 0.1) is 0 Å². The first kappa shape index (κ1) is 16.4. The van der Waals surface area contributed by atoms with Gasteiger partial charge < -0.3 is 25.6 Å². The SMILES string of the molecule is COc1ccc(NC(=O)Nc2ccc3c(c2)CC2=C3NC=C3N=CCN32)cc1. The largest absolute Gasteiger partial charge is 0.497 e. The molecule has 5 rings (SSSR count). The van der Waals surface area contributed by atoms with E-state index in [4.69, 9.17) is 4.74 Å². The summed E-state index contributed by atoms with van der Waals surface area (Å²) in [4.78, 5) is 18.9. The Hall–Kier alpha value is -3.74. The minimum Gasteiger partial charge on any atom is -0.497 e. The molecule has 7 heteroatoms. The fraction of sp³-hybridized carbons (Fsp3) is 0.143. The van der Waals surface area contributed by atoms with Crippen molar-refractivity contribution < 1.29 is 9.53 Å². The highest BCUT2D eigenvalue weighted by Crippen LogP contribution is 2.38. The number of nitrogens with zero attached hydrogens (tertiary/aromatic N) is 2. The summed E-state index contributed by atoms with van der Waals surface area (Å²) in [7, 11) is 1.61. The fourth-order valence-corrected chi connectivity index (χ4v) is 3.72. The summed E-state index contributed by atoms with van der Waals surface area (Å²) in [5.74, 6) is 1.69. The highest BCUT2D eigenvalue weighted by Gasteiger charge is 2.31. The van der Waals surface area contributed by atoms with Gasteiger partial charge in [0.25, 0.3) is 0 Å². The number of fused-ring (bicyclic) bond motifs is 4. The van der Waals surface area contributed by atoms with Crippen LogP contribution in [0.2, 0.25) is 0 Å². The summed E-state index contributed by atoms with van der Waals surface area (Å²) in [6, 6.07) is 12.9. The molecule has 2 heterocycles. The van der Waals surface area contributed by atoms with Gasteiger partial charge in [0.15, 0.2) is 0 Å².